The van der Waals surface area contributed by atoms with E-state index in [2.05, 4.69) is 10.2 Å². The molecule has 1 aliphatic carbocycles. The molecular formula is C16H14F6N4O2. The van der Waals surface area contributed by atoms with Gasteiger partial charge < -0.3 is 9.47 Å². The van der Waals surface area contributed by atoms with Gasteiger partial charge in [-0.1, -0.05) is 0 Å². The van der Waals surface area contributed by atoms with Gasteiger partial charge in [-0.25, -0.2) is 13.2 Å². The third-order valence-electron chi connectivity index (χ3n) is 4.45. The topological polar surface area (TPSA) is 68.1 Å². The van der Waals surface area contributed by atoms with E-state index in [0.29, 0.717) is 6.08 Å². The van der Waals surface area contributed by atoms with Gasteiger partial charge in [0.05, 0.1) is 13.0 Å². The second kappa shape index (κ2) is 7.40. The number of carbonyl (C=O) groups is 2. The second-order valence-corrected chi connectivity index (χ2v) is 6.45. The van der Waals surface area contributed by atoms with E-state index in [1.54, 1.807) is 0 Å². The van der Waals surface area contributed by atoms with Gasteiger partial charge in [0.2, 0.25) is 11.7 Å². The van der Waals surface area contributed by atoms with Crippen molar-refractivity contribution in [1.29, 1.82) is 0 Å². The van der Waals surface area contributed by atoms with Crippen LogP contribution in [0.1, 0.15) is 30.9 Å². The average Bonchev–Trinajstić information content (AvgIpc) is 3.03. The van der Waals surface area contributed by atoms with E-state index in [0.717, 1.165) is 9.47 Å². The summed E-state index contributed by atoms with van der Waals surface area (Å²) in [6, 6.07) is 0. The summed E-state index contributed by atoms with van der Waals surface area (Å²) in [6.07, 6.45) is -8.14. The Bertz CT molecular complexity index is 873. The first-order valence-electron chi connectivity index (χ1n) is 8.23. The third kappa shape index (κ3) is 4.09. The zero-order valence-corrected chi connectivity index (χ0v) is 14.3. The number of aromatic nitrogens is 3. The number of ketones is 1. The number of nitrogens with zero attached hydrogens (tertiary/aromatic N) is 4. The molecular weight excluding hydrogens is 394 g/mol. The van der Waals surface area contributed by atoms with Gasteiger partial charge in [0.15, 0.2) is 12.0 Å². The van der Waals surface area contributed by atoms with Crippen LogP contribution in [0.4, 0.5) is 26.3 Å². The highest BCUT2D eigenvalue weighted by Gasteiger charge is 2.40. The molecule has 2 heterocycles. The molecule has 1 aliphatic heterocycles. The van der Waals surface area contributed by atoms with Crippen molar-refractivity contribution in [3.05, 3.63) is 35.0 Å². The Morgan fingerprint density at radius 1 is 1.18 bits per heavy atom. The molecule has 0 saturated heterocycles. The predicted molar refractivity (Wildman–Crippen MR) is 81.5 cm³/mol. The number of amides is 1. The lowest BCUT2D eigenvalue weighted by atomic mass is 9.96. The summed E-state index contributed by atoms with van der Waals surface area (Å²) >= 11 is 0. The van der Waals surface area contributed by atoms with Crippen LogP contribution in [-0.2, 0) is 28.9 Å². The number of allylic oxidation sites excluding steroid dienone is 4. The molecule has 12 heteroatoms. The molecule has 1 amide bonds. The highest BCUT2D eigenvalue weighted by molar-refractivity contribution is 5.99. The SMILES string of the molecule is O=C(CC(=O)N1CCn2c(nnc2C(F)(F)F)C1)CC1=C(F)C=C(F)C(F)C1. The molecule has 3 rings (SSSR count). The third-order valence-corrected chi connectivity index (χ3v) is 4.45. The molecule has 1 aromatic heterocycles. The van der Waals surface area contributed by atoms with Crippen molar-refractivity contribution in [2.75, 3.05) is 6.54 Å². The van der Waals surface area contributed by atoms with Gasteiger partial charge >= 0.3 is 6.18 Å². The van der Waals surface area contributed by atoms with Gasteiger partial charge in [0.25, 0.3) is 0 Å². The van der Waals surface area contributed by atoms with Crippen molar-refractivity contribution in [2.24, 2.45) is 0 Å². The monoisotopic (exact) mass is 408 g/mol. The van der Waals surface area contributed by atoms with E-state index in [4.69, 9.17) is 0 Å². The molecule has 0 radical (unpaired) electrons. The molecule has 1 unspecified atom stereocenters. The van der Waals surface area contributed by atoms with E-state index in [-0.39, 0.29) is 31.0 Å². The first kappa shape index (κ1) is 20.1. The largest absolute Gasteiger partial charge is 0.451 e. The average molecular weight is 408 g/mol. The van der Waals surface area contributed by atoms with E-state index >= 15 is 0 Å². The van der Waals surface area contributed by atoms with Crippen LogP contribution in [0.5, 0.6) is 0 Å². The van der Waals surface area contributed by atoms with Crippen LogP contribution in [0, 0.1) is 0 Å². The molecule has 6 nitrogen and oxygen atoms in total. The lowest BCUT2D eigenvalue weighted by Gasteiger charge is -2.28. The molecule has 0 saturated carbocycles. The number of hydrogen-bond acceptors (Lipinski definition) is 4. The fraction of sp³-hybridized carbons (Fsp3) is 0.500. The number of Topliss-reactive ketones (excluding diaryl/α,β-unsaturated/α-hetero) is 1. The Morgan fingerprint density at radius 2 is 1.89 bits per heavy atom. The van der Waals surface area contributed by atoms with Gasteiger partial charge in [-0.2, -0.15) is 13.2 Å². The molecule has 1 atom stereocenters. The van der Waals surface area contributed by atoms with Crippen LogP contribution >= 0.6 is 0 Å². The number of rotatable bonds is 4. The maximum atomic E-state index is 13.6. The molecule has 152 valence electrons. The predicted octanol–water partition coefficient (Wildman–Crippen LogP) is 2.81. The fourth-order valence-corrected chi connectivity index (χ4v) is 3.04. The summed E-state index contributed by atoms with van der Waals surface area (Å²) in [7, 11) is 0. The van der Waals surface area contributed by atoms with Crippen molar-refractivity contribution in [3.8, 4) is 0 Å². The van der Waals surface area contributed by atoms with Gasteiger partial charge in [-0.3, -0.25) is 9.59 Å². The van der Waals surface area contributed by atoms with Crippen LogP contribution in [0.25, 0.3) is 0 Å². The molecule has 1 aromatic rings. The normalized spacial score (nSPS) is 20.1. The van der Waals surface area contributed by atoms with Crippen LogP contribution in [-0.4, -0.2) is 44.1 Å². The van der Waals surface area contributed by atoms with Crippen LogP contribution in [0.15, 0.2) is 23.3 Å². The van der Waals surface area contributed by atoms with Crippen LogP contribution in [0.3, 0.4) is 0 Å². The first-order valence-corrected chi connectivity index (χ1v) is 8.23. The zero-order chi connectivity index (χ0) is 20.6. The maximum Gasteiger partial charge on any atom is 0.451 e. The van der Waals surface area contributed by atoms with Gasteiger partial charge in [-0.05, 0) is 5.57 Å². The minimum atomic E-state index is -4.67. The minimum Gasteiger partial charge on any atom is -0.333 e. The quantitative estimate of drug-likeness (QED) is 0.568. The van der Waals surface area contributed by atoms with Crippen molar-refractivity contribution in [2.45, 2.75) is 44.7 Å². The summed E-state index contributed by atoms with van der Waals surface area (Å²) in [4.78, 5) is 25.4. The number of carbonyl (C=O) groups excluding carboxylic acids is 2. The molecule has 0 aromatic carbocycles. The molecule has 0 fully saturated rings. The lowest BCUT2D eigenvalue weighted by Crippen LogP contribution is -2.40. The van der Waals surface area contributed by atoms with E-state index in [9.17, 15) is 35.9 Å². The molecule has 0 spiro atoms. The molecule has 0 N–H and O–H groups in total. The maximum absolute atomic E-state index is 13.6. The minimum absolute atomic E-state index is 0.0682. The fourth-order valence-electron chi connectivity index (χ4n) is 3.04. The highest BCUT2D eigenvalue weighted by atomic mass is 19.4. The van der Waals surface area contributed by atoms with Gasteiger partial charge in [0, 0.05) is 32.0 Å². The summed E-state index contributed by atoms with van der Waals surface area (Å²) in [5.41, 5.74) is -0.236. The standard InChI is InChI=1S/C16H14F6N4O2/c17-10-6-12(19)11(18)4-8(10)3-9(27)5-14(28)25-1-2-26-13(7-25)23-24-15(26)16(20,21)22/h6,11H,1-5,7H2. The van der Waals surface area contributed by atoms with E-state index < -0.39 is 60.8 Å². The number of hydrogen-bond donors (Lipinski definition) is 0. The Kier molecular flexibility index (Phi) is 5.31. The van der Waals surface area contributed by atoms with Crippen molar-refractivity contribution in [3.63, 3.8) is 0 Å². The second-order valence-electron chi connectivity index (χ2n) is 6.45. The van der Waals surface area contributed by atoms with Crippen molar-refractivity contribution >= 4 is 11.7 Å². The first-order chi connectivity index (χ1) is 13.1. The smallest absolute Gasteiger partial charge is 0.333 e. The number of fused-ring (bicyclic) bond motifs is 1. The summed E-state index contributed by atoms with van der Waals surface area (Å²) < 4.78 is 79.2. The Balaban J connectivity index is 1.61. The molecule has 28 heavy (non-hydrogen) atoms. The van der Waals surface area contributed by atoms with Crippen molar-refractivity contribution < 1.29 is 35.9 Å². The van der Waals surface area contributed by atoms with Gasteiger partial charge in [0.1, 0.15) is 17.4 Å². The number of alkyl halides is 4. The van der Waals surface area contributed by atoms with E-state index in [1.165, 1.54) is 0 Å². The van der Waals surface area contributed by atoms with Crippen LogP contribution in [0.2, 0.25) is 0 Å². The van der Waals surface area contributed by atoms with Crippen molar-refractivity contribution in [1.82, 2.24) is 19.7 Å². The molecule has 2 aliphatic rings. The summed E-state index contributed by atoms with van der Waals surface area (Å²) in [5, 5.41) is 6.51. The van der Waals surface area contributed by atoms with Gasteiger partial charge in [-0.15, -0.1) is 10.2 Å². The van der Waals surface area contributed by atoms with Crippen LogP contribution < -0.4 is 0 Å². The Labute approximate surface area is 154 Å². The van der Waals surface area contributed by atoms with E-state index in [1.807, 2.05) is 0 Å². The highest BCUT2D eigenvalue weighted by Crippen LogP contribution is 2.31. The molecule has 0 bridgehead atoms. The number of halogens is 6. The zero-order valence-electron chi connectivity index (χ0n) is 14.3. The summed E-state index contributed by atoms with van der Waals surface area (Å²) in [6.45, 7) is -0.533. The lowest BCUT2D eigenvalue weighted by molar-refractivity contribution is -0.148. The Morgan fingerprint density at radius 3 is 2.57 bits per heavy atom. The summed E-state index contributed by atoms with van der Waals surface area (Å²) in [5.74, 6) is -4.92. The Hall–Kier alpha value is -2.66.